The molecule has 1 aromatic heterocycles. The monoisotopic (exact) mass is 220 g/mol. The van der Waals surface area contributed by atoms with Crippen molar-refractivity contribution < 1.29 is 9.21 Å². The molecule has 0 radical (unpaired) electrons. The van der Waals surface area contributed by atoms with E-state index in [-0.39, 0.29) is 5.91 Å². The summed E-state index contributed by atoms with van der Waals surface area (Å²) in [5, 5.41) is 0. The number of benzene rings is 1. The first-order valence-electron chi connectivity index (χ1n) is 5.00. The number of fused-ring (bicyclic) bond motifs is 1. The van der Waals surface area contributed by atoms with Gasteiger partial charge in [0.25, 0.3) is 5.91 Å². The highest BCUT2D eigenvalue weighted by molar-refractivity contribution is 5.96. The molecular formula is C11H12N2O3. The van der Waals surface area contributed by atoms with Crippen LogP contribution in [0.1, 0.15) is 17.3 Å². The van der Waals surface area contributed by atoms with E-state index in [0.29, 0.717) is 23.2 Å². The number of hydrogen-bond acceptors (Lipinski definition) is 3. The van der Waals surface area contributed by atoms with Crippen molar-refractivity contribution in [1.82, 2.24) is 9.88 Å². The van der Waals surface area contributed by atoms with Gasteiger partial charge in [0, 0.05) is 19.2 Å². The number of amides is 1. The van der Waals surface area contributed by atoms with Gasteiger partial charge in [0.1, 0.15) is 0 Å². The van der Waals surface area contributed by atoms with Gasteiger partial charge in [0.05, 0.1) is 5.52 Å². The fourth-order valence-corrected chi connectivity index (χ4v) is 1.45. The maximum atomic E-state index is 11.8. The lowest BCUT2D eigenvalue weighted by atomic mass is 10.2. The molecule has 0 saturated heterocycles. The Morgan fingerprint density at radius 3 is 2.94 bits per heavy atom. The number of rotatable bonds is 2. The third-order valence-electron chi connectivity index (χ3n) is 2.49. The minimum atomic E-state index is -0.511. The van der Waals surface area contributed by atoms with Gasteiger partial charge in [0.2, 0.25) is 0 Å². The summed E-state index contributed by atoms with van der Waals surface area (Å²) in [4.78, 5) is 26.9. The van der Waals surface area contributed by atoms with E-state index in [1.807, 2.05) is 6.92 Å². The fourth-order valence-electron chi connectivity index (χ4n) is 1.45. The van der Waals surface area contributed by atoms with Gasteiger partial charge < -0.3 is 9.32 Å². The molecule has 0 aliphatic heterocycles. The van der Waals surface area contributed by atoms with Crippen LogP contribution in [0.15, 0.2) is 27.4 Å². The van der Waals surface area contributed by atoms with Crippen molar-refractivity contribution in [2.45, 2.75) is 6.92 Å². The molecule has 16 heavy (non-hydrogen) atoms. The first-order valence-corrected chi connectivity index (χ1v) is 5.00. The first-order chi connectivity index (χ1) is 7.61. The Morgan fingerprint density at radius 2 is 2.25 bits per heavy atom. The molecule has 5 heteroatoms. The van der Waals surface area contributed by atoms with Gasteiger partial charge in [-0.1, -0.05) is 0 Å². The van der Waals surface area contributed by atoms with E-state index in [4.69, 9.17) is 4.42 Å². The topological polar surface area (TPSA) is 66.3 Å². The third kappa shape index (κ3) is 1.71. The zero-order valence-electron chi connectivity index (χ0n) is 9.11. The number of hydrogen-bond donors (Lipinski definition) is 1. The molecule has 0 aliphatic rings. The van der Waals surface area contributed by atoms with E-state index in [9.17, 15) is 9.59 Å². The van der Waals surface area contributed by atoms with Crippen molar-refractivity contribution in [3.8, 4) is 0 Å². The average molecular weight is 220 g/mol. The van der Waals surface area contributed by atoms with Gasteiger partial charge in [0.15, 0.2) is 5.58 Å². The second-order valence-corrected chi connectivity index (χ2v) is 3.54. The SMILES string of the molecule is CCN(C)C(=O)c1ccc2oc(=O)[nH]c2c1. The lowest BCUT2D eigenvalue weighted by Crippen LogP contribution is -2.26. The Hall–Kier alpha value is -2.04. The Balaban J connectivity index is 2.46. The van der Waals surface area contributed by atoms with Gasteiger partial charge in [-0.05, 0) is 25.1 Å². The molecular weight excluding hydrogens is 208 g/mol. The predicted molar refractivity (Wildman–Crippen MR) is 59.5 cm³/mol. The van der Waals surface area contributed by atoms with Crippen LogP contribution >= 0.6 is 0 Å². The van der Waals surface area contributed by atoms with E-state index >= 15 is 0 Å². The summed E-state index contributed by atoms with van der Waals surface area (Å²) in [6, 6.07) is 4.88. The number of carbonyl (C=O) groups is 1. The summed E-state index contributed by atoms with van der Waals surface area (Å²) in [5.41, 5.74) is 1.54. The molecule has 1 amide bonds. The number of oxazole rings is 1. The van der Waals surface area contributed by atoms with Crippen molar-refractivity contribution in [2.24, 2.45) is 0 Å². The smallest absolute Gasteiger partial charge is 0.408 e. The number of aromatic nitrogens is 1. The van der Waals surface area contributed by atoms with Crippen LogP contribution in [0.4, 0.5) is 0 Å². The van der Waals surface area contributed by atoms with E-state index in [1.165, 1.54) is 0 Å². The molecule has 0 saturated carbocycles. The van der Waals surface area contributed by atoms with Crippen LogP contribution in [-0.2, 0) is 0 Å². The molecule has 1 aromatic carbocycles. The standard InChI is InChI=1S/C11H12N2O3/c1-3-13(2)10(14)7-4-5-9-8(6-7)12-11(15)16-9/h4-6H,3H2,1-2H3,(H,12,15). The molecule has 0 fully saturated rings. The lowest BCUT2D eigenvalue weighted by molar-refractivity contribution is 0.0802. The Bertz CT molecular complexity index is 582. The summed E-state index contributed by atoms with van der Waals surface area (Å²) in [6.07, 6.45) is 0. The first kappa shape index (κ1) is 10.5. The predicted octanol–water partition coefficient (Wildman–Crippen LogP) is 1.21. The van der Waals surface area contributed by atoms with Crippen LogP contribution in [-0.4, -0.2) is 29.4 Å². The number of nitrogens with one attached hydrogen (secondary N) is 1. The van der Waals surface area contributed by atoms with Gasteiger partial charge >= 0.3 is 5.76 Å². The summed E-state index contributed by atoms with van der Waals surface area (Å²) in [7, 11) is 1.73. The number of nitrogens with zero attached hydrogens (tertiary/aromatic N) is 1. The number of H-pyrrole nitrogens is 1. The van der Waals surface area contributed by atoms with Crippen molar-refractivity contribution in [3.63, 3.8) is 0 Å². The van der Waals surface area contributed by atoms with Gasteiger partial charge in [-0.25, -0.2) is 4.79 Å². The molecule has 1 N–H and O–H groups in total. The van der Waals surface area contributed by atoms with Crippen molar-refractivity contribution in [2.75, 3.05) is 13.6 Å². The number of carbonyl (C=O) groups excluding carboxylic acids is 1. The second-order valence-electron chi connectivity index (χ2n) is 3.54. The average Bonchev–Trinajstić information content (AvgIpc) is 2.65. The van der Waals surface area contributed by atoms with Gasteiger partial charge in [-0.3, -0.25) is 9.78 Å². The Labute approximate surface area is 91.7 Å². The Morgan fingerprint density at radius 1 is 1.50 bits per heavy atom. The molecule has 1 heterocycles. The lowest BCUT2D eigenvalue weighted by Gasteiger charge is -2.13. The van der Waals surface area contributed by atoms with Crippen LogP contribution in [0, 0.1) is 0 Å². The maximum absolute atomic E-state index is 11.8. The summed E-state index contributed by atoms with van der Waals surface area (Å²) < 4.78 is 4.85. The quantitative estimate of drug-likeness (QED) is 0.827. The van der Waals surface area contributed by atoms with Crippen LogP contribution in [0.5, 0.6) is 0 Å². The highest BCUT2D eigenvalue weighted by Gasteiger charge is 2.11. The minimum absolute atomic E-state index is 0.0774. The molecule has 0 atom stereocenters. The van der Waals surface area contributed by atoms with Crippen LogP contribution in [0.25, 0.3) is 11.1 Å². The zero-order chi connectivity index (χ0) is 11.7. The van der Waals surface area contributed by atoms with Gasteiger partial charge in [-0.15, -0.1) is 0 Å². The highest BCUT2D eigenvalue weighted by Crippen LogP contribution is 2.13. The zero-order valence-corrected chi connectivity index (χ0v) is 9.11. The van der Waals surface area contributed by atoms with Crippen LogP contribution in [0.2, 0.25) is 0 Å². The highest BCUT2D eigenvalue weighted by atomic mass is 16.4. The van der Waals surface area contributed by atoms with Crippen LogP contribution < -0.4 is 5.76 Å². The minimum Gasteiger partial charge on any atom is -0.408 e. The molecule has 2 rings (SSSR count). The molecule has 2 aromatic rings. The van der Waals surface area contributed by atoms with Gasteiger partial charge in [-0.2, -0.15) is 0 Å². The largest absolute Gasteiger partial charge is 0.417 e. The van der Waals surface area contributed by atoms with Crippen molar-refractivity contribution >= 4 is 17.0 Å². The maximum Gasteiger partial charge on any atom is 0.417 e. The molecule has 0 bridgehead atoms. The summed E-state index contributed by atoms with van der Waals surface area (Å²) >= 11 is 0. The van der Waals surface area contributed by atoms with E-state index in [2.05, 4.69) is 4.98 Å². The molecule has 84 valence electrons. The van der Waals surface area contributed by atoms with E-state index in [0.717, 1.165) is 0 Å². The van der Waals surface area contributed by atoms with E-state index < -0.39 is 5.76 Å². The fraction of sp³-hybridized carbons (Fsp3) is 0.273. The molecule has 0 spiro atoms. The Kier molecular flexibility index (Phi) is 2.52. The number of aromatic amines is 1. The van der Waals surface area contributed by atoms with Crippen molar-refractivity contribution in [1.29, 1.82) is 0 Å². The molecule has 0 unspecified atom stereocenters. The normalized spacial score (nSPS) is 10.6. The second kappa shape index (κ2) is 3.84. The molecule has 5 nitrogen and oxygen atoms in total. The summed E-state index contributed by atoms with van der Waals surface area (Å²) in [5.74, 6) is -0.588. The third-order valence-corrected chi connectivity index (χ3v) is 2.49. The van der Waals surface area contributed by atoms with E-state index in [1.54, 1.807) is 30.1 Å². The molecule has 0 aliphatic carbocycles. The van der Waals surface area contributed by atoms with Crippen molar-refractivity contribution in [3.05, 3.63) is 34.3 Å². The summed E-state index contributed by atoms with van der Waals surface area (Å²) in [6.45, 7) is 2.54. The van der Waals surface area contributed by atoms with Crippen LogP contribution in [0.3, 0.4) is 0 Å².